The molecule has 0 aliphatic heterocycles. The van der Waals surface area contributed by atoms with Crippen LogP contribution in [-0.4, -0.2) is 4.57 Å². The monoisotopic (exact) mass is 430 g/mol. The summed E-state index contributed by atoms with van der Waals surface area (Å²) in [4.78, 5) is 0. The summed E-state index contributed by atoms with van der Waals surface area (Å²) in [6.45, 7) is 0. The third-order valence-corrected chi connectivity index (χ3v) is 6.26. The van der Waals surface area contributed by atoms with E-state index < -0.39 is 0 Å². The molecule has 32 heavy (non-hydrogen) atoms. The van der Waals surface area contributed by atoms with Gasteiger partial charge in [0.1, 0.15) is 0 Å². The lowest BCUT2D eigenvalue weighted by atomic mass is 9.99. The van der Waals surface area contributed by atoms with Crippen LogP contribution >= 0.6 is 11.6 Å². The quantitative estimate of drug-likeness (QED) is 0.264. The van der Waals surface area contributed by atoms with E-state index in [0.717, 1.165) is 27.3 Å². The first-order valence-corrected chi connectivity index (χ1v) is 11.1. The Labute approximate surface area is 192 Å². The van der Waals surface area contributed by atoms with Crippen LogP contribution in [0.2, 0.25) is 5.02 Å². The normalized spacial score (nSPS) is 11.3. The number of fused-ring (bicyclic) bond motifs is 2. The Kier molecular flexibility index (Phi) is 4.56. The topological polar surface area (TPSA) is 4.93 Å². The van der Waals surface area contributed by atoms with E-state index in [1.165, 1.54) is 27.5 Å². The van der Waals surface area contributed by atoms with Gasteiger partial charge < -0.3 is 4.57 Å². The molecule has 0 amide bonds. The van der Waals surface area contributed by atoms with E-state index in [0.29, 0.717) is 0 Å². The van der Waals surface area contributed by atoms with Crippen LogP contribution in [0.1, 0.15) is 0 Å². The summed E-state index contributed by atoms with van der Waals surface area (Å²) in [5.74, 6) is 0. The summed E-state index contributed by atoms with van der Waals surface area (Å²) in [7, 11) is 0. The molecule has 0 fully saturated rings. The van der Waals surface area contributed by atoms with Crippen molar-refractivity contribution >= 4 is 33.3 Å². The second kappa shape index (κ2) is 7.71. The molecule has 0 bridgehead atoms. The smallest absolute Gasteiger partial charge is 0.0546 e. The largest absolute Gasteiger partial charge is 0.309 e. The molecule has 5 aromatic carbocycles. The summed E-state index contributed by atoms with van der Waals surface area (Å²) in [6.07, 6.45) is 0. The third-order valence-electron chi connectivity index (χ3n) is 6.02. The molecule has 0 N–H and O–H groups in total. The lowest BCUT2D eigenvalue weighted by Crippen LogP contribution is -1.99. The van der Waals surface area contributed by atoms with E-state index >= 15 is 0 Å². The van der Waals surface area contributed by atoms with E-state index in [4.69, 9.17) is 11.6 Å². The molecule has 0 radical (unpaired) electrons. The zero-order valence-electron chi connectivity index (χ0n) is 17.4. The predicted molar refractivity (Wildman–Crippen MR) is 137 cm³/mol. The molecule has 1 nitrogen and oxygen atoms in total. The third kappa shape index (κ3) is 3.19. The van der Waals surface area contributed by atoms with Gasteiger partial charge in [0.05, 0.1) is 16.9 Å². The van der Waals surface area contributed by atoms with E-state index in [1.54, 1.807) is 0 Å². The summed E-state index contributed by atoms with van der Waals surface area (Å²) in [6, 6.07) is 42.7. The van der Waals surface area contributed by atoms with Crippen LogP contribution in [-0.2, 0) is 0 Å². The Morgan fingerprint density at radius 2 is 1.19 bits per heavy atom. The number of benzene rings is 5. The Balaban J connectivity index is 1.73. The molecule has 0 atom stereocenters. The van der Waals surface area contributed by atoms with Crippen LogP contribution in [0.4, 0.5) is 0 Å². The van der Waals surface area contributed by atoms with Gasteiger partial charge >= 0.3 is 0 Å². The zero-order chi connectivity index (χ0) is 21.5. The fourth-order valence-corrected chi connectivity index (χ4v) is 4.72. The molecule has 0 unspecified atom stereocenters. The molecule has 0 saturated heterocycles. The van der Waals surface area contributed by atoms with E-state index in [2.05, 4.69) is 114 Å². The van der Waals surface area contributed by atoms with Crippen molar-refractivity contribution < 1.29 is 0 Å². The van der Waals surface area contributed by atoms with Crippen LogP contribution in [0.5, 0.6) is 0 Å². The van der Waals surface area contributed by atoms with Gasteiger partial charge in [0.15, 0.2) is 0 Å². The van der Waals surface area contributed by atoms with Crippen LogP contribution in [0, 0.1) is 0 Å². The lowest BCUT2D eigenvalue weighted by Gasteiger charge is -2.16. The summed E-state index contributed by atoms with van der Waals surface area (Å²) in [5.41, 5.74) is 7.04. The molecule has 0 saturated carbocycles. The second-order valence-electron chi connectivity index (χ2n) is 8.02. The van der Waals surface area contributed by atoms with Crippen molar-refractivity contribution in [3.63, 3.8) is 0 Å². The maximum Gasteiger partial charge on any atom is 0.0546 e. The number of rotatable bonds is 3. The average molecular weight is 431 g/mol. The minimum atomic E-state index is 0.747. The molecule has 152 valence electrons. The van der Waals surface area contributed by atoms with Crippen LogP contribution < -0.4 is 0 Å². The number of nitrogens with zero attached hydrogens (tertiary/aromatic N) is 1. The van der Waals surface area contributed by atoms with Crippen LogP contribution in [0.15, 0.2) is 121 Å². The summed E-state index contributed by atoms with van der Waals surface area (Å²) in [5, 5.41) is 4.32. The molecule has 0 spiro atoms. The van der Waals surface area contributed by atoms with Crippen molar-refractivity contribution in [1.82, 2.24) is 4.57 Å². The van der Waals surface area contributed by atoms with Crippen molar-refractivity contribution in [2.75, 3.05) is 0 Å². The van der Waals surface area contributed by atoms with Gasteiger partial charge in [-0.1, -0.05) is 96.5 Å². The highest BCUT2D eigenvalue weighted by atomic mass is 35.5. The molecular weight excluding hydrogens is 411 g/mol. The first kappa shape index (κ1) is 18.9. The van der Waals surface area contributed by atoms with Gasteiger partial charge in [-0.2, -0.15) is 0 Å². The number of halogens is 1. The maximum atomic E-state index is 6.36. The minimum Gasteiger partial charge on any atom is -0.309 e. The molecule has 6 aromatic rings. The van der Waals surface area contributed by atoms with Crippen molar-refractivity contribution in [1.29, 1.82) is 0 Å². The average Bonchev–Trinajstić information content (AvgIpc) is 3.23. The summed E-state index contributed by atoms with van der Waals surface area (Å²) >= 11 is 6.36. The zero-order valence-corrected chi connectivity index (χ0v) is 18.1. The van der Waals surface area contributed by atoms with Crippen molar-refractivity contribution in [3.8, 4) is 28.1 Å². The van der Waals surface area contributed by atoms with Gasteiger partial charge in [-0.3, -0.25) is 0 Å². The Hall–Kier alpha value is -3.81. The number of hydrogen-bond acceptors (Lipinski definition) is 0. The number of hydrogen-bond donors (Lipinski definition) is 0. The maximum absolute atomic E-state index is 6.36. The van der Waals surface area contributed by atoms with Gasteiger partial charge in [0.25, 0.3) is 0 Å². The summed E-state index contributed by atoms with van der Waals surface area (Å²) < 4.78 is 2.37. The van der Waals surface area contributed by atoms with Crippen molar-refractivity contribution in [3.05, 3.63) is 126 Å². The first-order valence-electron chi connectivity index (χ1n) is 10.7. The van der Waals surface area contributed by atoms with Crippen molar-refractivity contribution in [2.45, 2.75) is 0 Å². The van der Waals surface area contributed by atoms with E-state index in [-0.39, 0.29) is 0 Å². The molecular formula is C30H20ClN. The lowest BCUT2D eigenvalue weighted by molar-refractivity contribution is 1.15. The van der Waals surface area contributed by atoms with Gasteiger partial charge in [-0.05, 0) is 58.5 Å². The Morgan fingerprint density at radius 1 is 0.500 bits per heavy atom. The van der Waals surface area contributed by atoms with Gasteiger partial charge in [-0.25, -0.2) is 0 Å². The van der Waals surface area contributed by atoms with Crippen LogP contribution in [0.25, 0.3) is 49.7 Å². The molecule has 1 heterocycles. The van der Waals surface area contributed by atoms with Gasteiger partial charge in [0.2, 0.25) is 0 Å². The Bertz CT molecular complexity index is 1560. The van der Waals surface area contributed by atoms with Crippen LogP contribution in [0.3, 0.4) is 0 Å². The molecule has 0 aliphatic rings. The standard InChI is InChI=1S/C30H20ClN/c31-26-15-16-28-25(18-26)20-29(22-11-5-2-6-12-22)32(28)30-19-24(21-9-3-1-4-10-21)17-23-13-7-8-14-27(23)30/h1-20H/i29+1. The molecule has 6 rings (SSSR count). The van der Waals surface area contributed by atoms with Gasteiger partial charge in [-0.15, -0.1) is 0 Å². The van der Waals surface area contributed by atoms with Crippen molar-refractivity contribution in [2.24, 2.45) is 0 Å². The van der Waals surface area contributed by atoms with Gasteiger partial charge in [0, 0.05) is 15.8 Å². The fourth-order valence-electron chi connectivity index (χ4n) is 4.54. The fraction of sp³-hybridized carbons (Fsp3) is 0. The highest BCUT2D eigenvalue weighted by Crippen LogP contribution is 2.37. The highest BCUT2D eigenvalue weighted by Gasteiger charge is 2.16. The Morgan fingerprint density at radius 3 is 1.97 bits per heavy atom. The SMILES string of the molecule is Clc1ccc2c(c1)c[13c](-c1ccccc1)n2-c1cc(-c2ccccc2)cc2ccccc12. The van der Waals surface area contributed by atoms with E-state index in [1.807, 2.05) is 12.1 Å². The first-order chi connectivity index (χ1) is 15.8. The minimum absolute atomic E-state index is 0.747. The molecule has 2 heteroatoms. The van der Waals surface area contributed by atoms with E-state index in [9.17, 15) is 0 Å². The number of aromatic nitrogens is 1. The predicted octanol–water partition coefficient (Wildman–Crippen LogP) is 8.77. The molecule has 1 aromatic heterocycles. The highest BCUT2D eigenvalue weighted by molar-refractivity contribution is 6.31. The molecule has 0 aliphatic carbocycles. The second-order valence-corrected chi connectivity index (χ2v) is 8.45.